The number of carbonyl (C=O) groups is 1. The van der Waals surface area contributed by atoms with Crippen molar-refractivity contribution in [2.45, 2.75) is 25.5 Å². The molecule has 2 unspecified atom stereocenters. The first-order valence-corrected chi connectivity index (χ1v) is 8.25. The number of carbonyl (C=O) groups excluding carboxylic acids is 1. The van der Waals surface area contributed by atoms with Gasteiger partial charge >= 0.3 is 0 Å². The molecule has 25 heavy (non-hydrogen) atoms. The van der Waals surface area contributed by atoms with E-state index in [-0.39, 0.29) is 11.9 Å². The maximum Gasteiger partial charge on any atom is 0.256 e. The number of aromatic nitrogens is 3. The Morgan fingerprint density at radius 2 is 1.88 bits per heavy atom. The van der Waals surface area contributed by atoms with E-state index in [4.69, 9.17) is 0 Å². The smallest absolute Gasteiger partial charge is 0.256 e. The molecule has 0 bridgehead atoms. The maximum absolute atomic E-state index is 12.6. The molecule has 6 heteroatoms. The second kappa shape index (κ2) is 7.36. The van der Waals surface area contributed by atoms with Crippen molar-refractivity contribution in [1.29, 1.82) is 0 Å². The van der Waals surface area contributed by atoms with Crippen LogP contribution in [0.25, 0.3) is 5.82 Å². The standard InChI is InChI=1S/C19H22N4O2/c1-14(12-17(24)15-8-4-3-5-9-15)21-18(25)16-13-20-22(2)19(16)23-10-6-7-11-23/h3-11,13-14,17,24H,12H2,1-2H3,(H,21,25). The van der Waals surface area contributed by atoms with Crippen molar-refractivity contribution in [3.05, 3.63) is 72.2 Å². The molecule has 2 heterocycles. The molecule has 3 rings (SSSR count). The molecule has 2 aromatic heterocycles. The SMILES string of the molecule is CC(CC(O)c1ccccc1)NC(=O)c1cnn(C)c1-n1cccc1. The largest absolute Gasteiger partial charge is 0.388 e. The topological polar surface area (TPSA) is 72.1 Å². The second-order valence-electron chi connectivity index (χ2n) is 6.13. The zero-order valence-electron chi connectivity index (χ0n) is 14.3. The van der Waals surface area contributed by atoms with Crippen molar-refractivity contribution in [3.8, 4) is 5.82 Å². The number of hydrogen-bond acceptors (Lipinski definition) is 3. The van der Waals surface area contributed by atoms with Crippen LogP contribution in [0.5, 0.6) is 0 Å². The van der Waals surface area contributed by atoms with Crippen LogP contribution >= 0.6 is 0 Å². The number of aliphatic hydroxyl groups excluding tert-OH is 1. The summed E-state index contributed by atoms with van der Waals surface area (Å²) in [7, 11) is 1.80. The lowest BCUT2D eigenvalue weighted by atomic mass is 10.0. The molecule has 1 aromatic carbocycles. The number of nitrogens with zero attached hydrogens (tertiary/aromatic N) is 3. The normalized spacial score (nSPS) is 13.4. The van der Waals surface area contributed by atoms with Gasteiger partial charge in [-0.25, -0.2) is 0 Å². The van der Waals surface area contributed by atoms with Gasteiger partial charge in [0.25, 0.3) is 5.91 Å². The van der Waals surface area contributed by atoms with Crippen LogP contribution in [-0.4, -0.2) is 31.4 Å². The van der Waals surface area contributed by atoms with E-state index in [2.05, 4.69) is 10.4 Å². The zero-order chi connectivity index (χ0) is 17.8. The van der Waals surface area contributed by atoms with Gasteiger partial charge in [-0.2, -0.15) is 5.10 Å². The van der Waals surface area contributed by atoms with Crippen LogP contribution in [-0.2, 0) is 7.05 Å². The summed E-state index contributed by atoms with van der Waals surface area (Å²) in [4.78, 5) is 12.6. The monoisotopic (exact) mass is 338 g/mol. The molecule has 0 spiro atoms. The Kier molecular flexibility index (Phi) is 5.00. The number of hydrogen-bond donors (Lipinski definition) is 2. The highest BCUT2D eigenvalue weighted by atomic mass is 16.3. The molecule has 6 nitrogen and oxygen atoms in total. The summed E-state index contributed by atoms with van der Waals surface area (Å²) >= 11 is 0. The lowest BCUT2D eigenvalue weighted by Gasteiger charge is -2.18. The lowest BCUT2D eigenvalue weighted by molar-refractivity contribution is 0.0917. The predicted octanol–water partition coefficient (Wildman–Crippen LogP) is 2.45. The van der Waals surface area contributed by atoms with Crippen LogP contribution in [0, 0.1) is 0 Å². The molecule has 0 aliphatic carbocycles. The van der Waals surface area contributed by atoms with E-state index in [0.717, 1.165) is 5.56 Å². The van der Waals surface area contributed by atoms with Crippen LogP contribution in [0.15, 0.2) is 61.1 Å². The van der Waals surface area contributed by atoms with Gasteiger partial charge in [0.1, 0.15) is 11.4 Å². The highest BCUT2D eigenvalue weighted by Gasteiger charge is 2.20. The van der Waals surface area contributed by atoms with Gasteiger partial charge < -0.3 is 15.0 Å². The molecule has 0 saturated carbocycles. The van der Waals surface area contributed by atoms with Crippen molar-refractivity contribution in [2.24, 2.45) is 7.05 Å². The highest BCUT2D eigenvalue weighted by Crippen LogP contribution is 2.19. The highest BCUT2D eigenvalue weighted by molar-refractivity contribution is 5.97. The van der Waals surface area contributed by atoms with Crippen molar-refractivity contribution in [3.63, 3.8) is 0 Å². The molecule has 0 radical (unpaired) electrons. The van der Waals surface area contributed by atoms with Crippen LogP contribution in [0.1, 0.15) is 35.4 Å². The molecular formula is C19H22N4O2. The molecule has 3 aromatic rings. The fourth-order valence-corrected chi connectivity index (χ4v) is 2.88. The summed E-state index contributed by atoms with van der Waals surface area (Å²) in [6.07, 6.45) is 5.13. The number of aliphatic hydroxyl groups is 1. The summed E-state index contributed by atoms with van der Waals surface area (Å²) in [6, 6.07) is 13.1. The minimum absolute atomic E-state index is 0.180. The van der Waals surface area contributed by atoms with Crippen LogP contribution in [0.2, 0.25) is 0 Å². The average molecular weight is 338 g/mol. The molecule has 0 fully saturated rings. The molecular weight excluding hydrogens is 316 g/mol. The van der Waals surface area contributed by atoms with Crippen molar-refractivity contribution in [1.82, 2.24) is 19.7 Å². The van der Waals surface area contributed by atoms with Crippen molar-refractivity contribution >= 4 is 5.91 Å². The molecule has 2 atom stereocenters. The van der Waals surface area contributed by atoms with Gasteiger partial charge in [-0.1, -0.05) is 30.3 Å². The van der Waals surface area contributed by atoms with Gasteiger partial charge in [0.05, 0.1) is 12.3 Å². The Bertz CT molecular complexity index is 824. The van der Waals surface area contributed by atoms with E-state index in [0.29, 0.717) is 17.8 Å². The van der Waals surface area contributed by atoms with Gasteiger partial charge in [-0.05, 0) is 31.0 Å². The van der Waals surface area contributed by atoms with Crippen LogP contribution < -0.4 is 5.32 Å². The Morgan fingerprint density at radius 1 is 1.20 bits per heavy atom. The second-order valence-corrected chi connectivity index (χ2v) is 6.13. The fourth-order valence-electron chi connectivity index (χ4n) is 2.88. The maximum atomic E-state index is 12.6. The van der Waals surface area contributed by atoms with E-state index < -0.39 is 6.10 Å². The van der Waals surface area contributed by atoms with E-state index in [1.165, 1.54) is 0 Å². The minimum Gasteiger partial charge on any atom is -0.388 e. The molecule has 0 aliphatic rings. The summed E-state index contributed by atoms with van der Waals surface area (Å²) < 4.78 is 3.52. The van der Waals surface area contributed by atoms with E-state index in [1.54, 1.807) is 17.9 Å². The minimum atomic E-state index is -0.616. The van der Waals surface area contributed by atoms with E-state index in [1.807, 2.05) is 66.3 Å². The summed E-state index contributed by atoms with van der Waals surface area (Å²) in [5.74, 6) is 0.503. The van der Waals surface area contributed by atoms with Gasteiger partial charge in [0.2, 0.25) is 0 Å². The number of aryl methyl sites for hydroxylation is 1. The molecule has 0 saturated heterocycles. The lowest BCUT2D eigenvalue weighted by Crippen LogP contribution is -2.34. The van der Waals surface area contributed by atoms with Crippen molar-refractivity contribution < 1.29 is 9.90 Å². The molecule has 130 valence electrons. The molecule has 2 N–H and O–H groups in total. The molecule has 0 aliphatic heterocycles. The Balaban J connectivity index is 1.69. The predicted molar refractivity (Wildman–Crippen MR) is 95.5 cm³/mol. The number of nitrogens with one attached hydrogen (secondary N) is 1. The fraction of sp³-hybridized carbons (Fsp3) is 0.263. The number of rotatable bonds is 6. The van der Waals surface area contributed by atoms with E-state index >= 15 is 0 Å². The summed E-state index contributed by atoms with van der Waals surface area (Å²) in [5, 5.41) is 17.5. The Hall–Kier alpha value is -2.86. The van der Waals surface area contributed by atoms with Crippen molar-refractivity contribution in [2.75, 3.05) is 0 Å². The quantitative estimate of drug-likeness (QED) is 0.725. The van der Waals surface area contributed by atoms with Crippen LogP contribution in [0.3, 0.4) is 0 Å². The van der Waals surface area contributed by atoms with E-state index in [9.17, 15) is 9.90 Å². The third-order valence-electron chi connectivity index (χ3n) is 4.14. The summed E-state index contributed by atoms with van der Waals surface area (Å²) in [5.41, 5.74) is 1.35. The third kappa shape index (κ3) is 3.80. The number of benzene rings is 1. The first-order valence-electron chi connectivity index (χ1n) is 8.25. The van der Waals surface area contributed by atoms with Gasteiger partial charge in [0, 0.05) is 25.5 Å². The van der Waals surface area contributed by atoms with Crippen LogP contribution in [0.4, 0.5) is 0 Å². The average Bonchev–Trinajstić information content (AvgIpc) is 3.24. The van der Waals surface area contributed by atoms with Gasteiger partial charge in [-0.3, -0.25) is 9.48 Å². The first-order chi connectivity index (χ1) is 12.1. The van der Waals surface area contributed by atoms with Gasteiger partial charge in [0.15, 0.2) is 0 Å². The first kappa shape index (κ1) is 17.0. The zero-order valence-corrected chi connectivity index (χ0v) is 14.3. The Labute approximate surface area is 146 Å². The van der Waals surface area contributed by atoms with Gasteiger partial charge in [-0.15, -0.1) is 0 Å². The molecule has 1 amide bonds. The number of amides is 1. The third-order valence-corrected chi connectivity index (χ3v) is 4.14. The summed E-state index contributed by atoms with van der Waals surface area (Å²) in [6.45, 7) is 1.88. The Morgan fingerprint density at radius 3 is 2.56 bits per heavy atom.